The summed E-state index contributed by atoms with van der Waals surface area (Å²) in [5.41, 5.74) is 1.95. The highest BCUT2D eigenvalue weighted by atomic mass is 79.9. The lowest BCUT2D eigenvalue weighted by atomic mass is 10.2. The summed E-state index contributed by atoms with van der Waals surface area (Å²) >= 11 is 11.1. The Labute approximate surface area is 132 Å². The number of rotatable bonds is 3. The molecule has 0 aliphatic heterocycles. The van der Waals surface area contributed by atoms with E-state index in [1.54, 1.807) is 16.9 Å². The van der Waals surface area contributed by atoms with Crippen LogP contribution >= 0.6 is 38.9 Å². The molecule has 3 rings (SSSR count). The fraction of sp³-hybridized carbons (Fsp3) is 0. The topological polar surface area (TPSA) is 34.9 Å². The minimum absolute atomic E-state index is 0.541. The molecule has 1 aromatic carbocycles. The maximum Gasteiger partial charge on any atom is 0.153 e. The molecular formula is C14H8BrClN2OS. The number of aromatic nitrogens is 2. The van der Waals surface area contributed by atoms with Gasteiger partial charge >= 0.3 is 0 Å². The molecule has 0 spiro atoms. The zero-order valence-corrected chi connectivity index (χ0v) is 13.2. The first-order chi connectivity index (χ1) is 9.69. The number of para-hydroxylation sites is 1. The maximum atomic E-state index is 11.2. The van der Waals surface area contributed by atoms with Crippen LogP contribution in [0.2, 0.25) is 5.02 Å². The summed E-state index contributed by atoms with van der Waals surface area (Å²) in [5.74, 6) is 0. The van der Waals surface area contributed by atoms with Crippen molar-refractivity contribution in [3.63, 3.8) is 0 Å². The average Bonchev–Trinajstić information content (AvgIpc) is 3.05. The van der Waals surface area contributed by atoms with Gasteiger partial charge in [-0.3, -0.25) is 4.79 Å². The number of benzene rings is 1. The van der Waals surface area contributed by atoms with Crippen molar-refractivity contribution >= 4 is 45.2 Å². The van der Waals surface area contributed by atoms with Crippen LogP contribution in [0.15, 0.2) is 46.4 Å². The molecule has 20 heavy (non-hydrogen) atoms. The van der Waals surface area contributed by atoms with E-state index < -0.39 is 0 Å². The first kappa shape index (κ1) is 13.5. The molecule has 2 heterocycles. The van der Waals surface area contributed by atoms with Gasteiger partial charge in [-0.25, -0.2) is 4.68 Å². The maximum absolute atomic E-state index is 11.2. The van der Waals surface area contributed by atoms with E-state index in [0.29, 0.717) is 16.3 Å². The monoisotopic (exact) mass is 366 g/mol. The van der Waals surface area contributed by atoms with E-state index in [1.165, 1.54) is 11.3 Å². The summed E-state index contributed by atoms with van der Waals surface area (Å²) in [7, 11) is 0. The van der Waals surface area contributed by atoms with Crippen molar-refractivity contribution in [2.75, 3.05) is 0 Å². The van der Waals surface area contributed by atoms with E-state index in [0.717, 1.165) is 21.3 Å². The molecule has 0 N–H and O–H groups in total. The smallest absolute Gasteiger partial charge is 0.153 e. The second-order valence-electron chi connectivity index (χ2n) is 4.08. The molecule has 0 atom stereocenters. The van der Waals surface area contributed by atoms with Crippen LogP contribution in [0.4, 0.5) is 0 Å². The molecule has 0 saturated carbocycles. The van der Waals surface area contributed by atoms with Gasteiger partial charge in [-0.05, 0) is 34.1 Å². The van der Waals surface area contributed by atoms with Crippen molar-refractivity contribution in [2.24, 2.45) is 0 Å². The highest BCUT2D eigenvalue weighted by molar-refractivity contribution is 9.10. The Morgan fingerprint density at radius 1 is 1.35 bits per heavy atom. The summed E-state index contributed by atoms with van der Waals surface area (Å²) in [4.78, 5) is 12.2. The van der Waals surface area contributed by atoms with Crippen molar-refractivity contribution in [2.45, 2.75) is 0 Å². The van der Waals surface area contributed by atoms with Crippen LogP contribution in [0.1, 0.15) is 10.4 Å². The number of hydrogen-bond acceptors (Lipinski definition) is 3. The first-order valence-corrected chi connectivity index (χ1v) is 7.78. The van der Waals surface area contributed by atoms with Gasteiger partial charge in [0.15, 0.2) is 6.29 Å². The largest absolute Gasteiger partial charge is 0.298 e. The second-order valence-corrected chi connectivity index (χ2v) is 6.31. The molecule has 0 aliphatic carbocycles. The Balaban J connectivity index is 2.14. The summed E-state index contributed by atoms with van der Waals surface area (Å²) in [6.45, 7) is 0. The van der Waals surface area contributed by atoms with Crippen molar-refractivity contribution in [3.05, 3.63) is 57.0 Å². The number of thiophene rings is 1. The summed E-state index contributed by atoms with van der Waals surface area (Å²) in [5, 5.41) is 7.03. The van der Waals surface area contributed by atoms with E-state index >= 15 is 0 Å². The molecular weight excluding hydrogens is 360 g/mol. The van der Waals surface area contributed by atoms with Gasteiger partial charge in [0.2, 0.25) is 0 Å². The molecule has 0 amide bonds. The van der Waals surface area contributed by atoms with E-state index in [1.807, 2.05) is 29.6 Å². The first-order valence-electron chi connectivity index (χ1n) is 5.73. The Morgan fingerprint density at radius 3 is 2.80 bits per heavy atom. The predicted molar refractivity (Wildman–Crippen MR) is 85.0 cm³/mol. The third kappa shape index (κ3) is 2.44. The number of halogens is 2. The molecule has 6 heteroatoms. The predicted octanol–water partition coefficient (Wildman–Crippen LogP) is 4.83. The van der Waals surface area contributed by atoms with Gasteiger partial charge in [-0.1, -0.05) is 23.7 Å². The number of carbonyl (C=O) groups is 1. The number of aldehydes is 1. The van der Waals surface area contributed by atoms with Gasteiger partial charge in [0.1, 0.15) is 5.69 Å². The molecule has 0 aliphatic rings. The third-order valence-electron chi connectivity index (χ3n) is 2.77. The van der Waals surface area contributed by atoms with E-state index in [4.69, 9.17) is 11.6 Å². The molecule has 3 aromatic rings. The Bertz CT molecular complexity index is 781. The summed E-state index contributed by atoms with van der Waals surface area (Å²) in [6, 6.07) is 9.33. The highest BCUT2D eigenvalue weighted by Gasteiger charge is 2.14. The van der Waals surface area contributed by atoms with Crippen LogP contribution in [-0.4, -0.2) is 16.1 Å². The highest BCUT2D eigenvalue weighted by Crippen LogP contribution is 2.31. The molecule has 0 saturated heterocycles. The van der Waals surface area contributed by atoms with Gasteiger partial charge in [-0.15, -0.1) is 11.3 Å². The quantitative estimate of drug-likeness (QED) is 0.622. The standard InChI is InChI=1S/C14H8BrClN2OS/c15-10-5-13(20-8-10)14-9(7-19)6-18(17-14)12-4-2-1-3-11(12)16/h1-8H. The fourth-order valence-electron chi connectivity index (χ4n) is 1.86. The zero-order chi connectivity index (χ0) is 14.1. The van der Waals surface area contributed by atoms with Gasteiger partial charge in [-0.2, -0.15) is 5.10 Å². The SMILES string of the molecule is O=Cc1cn(-c2ccccc2Cl)nc1-c1cc(Br)cs1. The summed E-state index contributed by atoms with van der Waals surface area (Å²) in [6.07, 6.45) is 2.50. The second kappa shape index (κ2) is 5.52. The van der Waals surface area contributed by atoms with Crippen molar-refractivity contribution in [3.8, 4) is 16.3 Å². The molecule has 0 fully saturated rings. The van der Waals surface area contributed by atoms with Gasteiger partial charge in [0, 0.05) is 16.0 Å². The van der Waals surface area contributed by atoms with Crippen LogP contribution in [0.3, 0.4) is 0 Å². The van der Waals surface area contributed by atoms with Crippen LogP contribution in [0.5, 0.6) is 0 Å². The number of nitrogens with zero attached hydrogens (tertiary/aromatic N) is 2. The molecule has 100 valence electrons. The minimum Gasteiger partial charge on any atom is -0.298 e. The van der Waals surface area contributed by atoms with Crippen molar-refractivity contribution < 1.29 is 4.79 Å². The average molecular weight is 368 g/mol. The van der Waals surface area contributed by atoms with Gasteiger partial charge in [0.05, 0.1) is 21.2 Å². The normalized spacial score (nSPS) is 10.7. The lowest BCUT2D eigenvalue weighted by molar-refractivity contribution is 0.112. The Kier molecular flexibility index (Phi) is 3.74. The van der Waals surface area contributed by atoms with E-state index in [9.17, 15) is 4.79 Å². The van der Waals surface area contributed by atoms with Crippen LogP contribution in [0.25, 0.3) is 16.3 Å². The van der Waals surface area contributed by atoms with E-state index in [-0.39, 0.29) is 0 Å². The molecule has 0 radical (unpaired) electrons. The Morgan fingerprint density at radius 2 is 2.15 bits per heavy atom. The molecule has 0 unspecified atom stereocenters. The van der Waals surface area contributed by atoms with Crippen LogP contribution in [-0.2, 0) is 0 Å². The van der Waals surface area contributed by atoms with Gasteiger partial charge in [0.25, 0.3) is 0 Å². The van der Waals surface area contributed by atoms with Gasteiger partial charge < -0.3 is 0 Å². The minimum atomic E-state index is 0.541. The van der Waals surface area contributed by atoms with Crippen LogP contribution in [0, 0.1) is 0 Å². The van der Waals surface area contributed by atoms with Crippen molar-refractivity contribution in [1.29, 1.82) is 0 Å². The lowest BCUT2D eigenvalue weighted by Gasteiger charge is -2.02. The molecule has 2 aromatic heterocycles. The van der Waals surface area contributed by atoms with Crippen molar-refractivity contribution in [1.82, 2.24) is 9.78 Å². The number of carbonyl (C=O) groups excluding carboxylic acids is 1. The molecule has 0 bridgehead atoms. The van der Waals surface area contributed by atoms with E-state index in [2.05, 4.69) is 21.0 Å². The lowest BCUT2D eigenvalue weighted by Crippen LogP contribution is -1.95. The molecule has 3 nitrogen and oxygen atoms in total. The third-order valence-corrected chi connectivity index (χ3v) is 4.79. The van der Waals surface area contributed by atoms with Crippen LogP contribution < -0.4 is 0 Å². The zero-order valence-electron chi connectivity index (χ0n) is 10.1. The fourth-order valence-corrected chi connectivity index (χ4v) is 3.52. The summed E-state index contributed by atoms with van der Waals surface area (Å²) < 4.78 is 2.61. The number of hydrogen-bond donors (Lipinski definition) is 0. The Hall–Kier alpha value is -1.43.